The van der Waals surface area contributed by atoms with E-state index in [-0.39, 0.29) is 16.9 Å². The Labute approximate surface area is 117 Å². The Morgan fingerprint density at radius 3 is 2.84 bits per heavy atom. The molecular weight excluding hydrogens is 265 g/mol. The molecule has 1 N–H and O–H groups in total. The lowest BCUT2D eigenvalue weighted by Gasteiger charge is -2.17. The third kappa shape index (κ3) is 3.58. The summed E-state index contributed by atoms with van der Waals surface area (Å²) in [4.78, 5) is 0. The van der Waals surface area contributed by atoms with Crippen LogP contribution in [0.1, 0.15) is 30.7 Å². The molecule has 1 atom stereocenters. The lowest BCUT2D eigenvalue weighted by Crippen LogP contribution is -2.23. The molecule has 2 aromatic rings. The van der Waals surface area contributed by atoms with Crippen LogP contribution in [0.5, 0.6) is 0 Å². The number of hydrogen-bond donors (Lipinski definition) is 1. The maximum atomic E-state index is 13.4. The molecule has 0 aliphatic rings. The Morgan fingerprint density at radius 2 is 2.16 bits per heavy atom. The minimum absolute atomic E-state index is 0.00856. The van der Waals surface area contributed by atoms with E-state index in [1.54, 1.807) is 12.3 Å². The molecular formula is C15H17ClFNO. The van der Waals surface area contributed by atoms with Crippen molar-refractivity contribution in [2.45, 2.75) is 25.8 Å². The molecule has 2 rings (SSSR count). The molecule has 0 amide bonds. The summed E-state index contributed by atoms with van der Waals surface area (Å²) in [5.74, 6) is 0.460. The van der Waals surface area contributed by atoms with Crippen LogP contribution in [0.2, 0.25) is 5.02 Å². The molecule has 0 spiro atoms. The van der Waals surface area contributed by atoms with Crippen molar-refractivity contribution in [1.29, 1.82) is 0 Å². The van der Waals surface area contributed by atoms with Crippen molar-refractivity contribution in [3.63, 3.8) is 0 Å². The van der Waals surface area contributed by atoms with Crippen LogP contribution >= 0.6 is 11.6 Å². The molecule has 0 saturated heterocycles. The Bertz CT molecular complexity index is 513. The van der Waals surface area contributed by atoms with Crippen LogP contribution in [0, 0.1) is 5.82 Å². The van der Waals surface area contributed by atoms with Gasteiger partial charge in [0.25, 0.3) is 0 Å². The van der Waals surface area contributed by atoms with Crippen molar-refractivity contribution in [2.24, 2.45) is 0 Å². The molecule has 0 radical (unpaired) electrons. The van der Waals surface area contributed by atoms with E-state index in [0.29, 0.717) is 6.42 Å². The van der Waals surface area contributed by atoms with E-state index < -0.39 is 0 Å². The van der Waals surface area contributed by atoms with Gasteiger partial charge < -0.3 is 9.73 Å². The molecule has 2 nitrogen and oxygen atoms in total. The average molecular weight is 282 g/mol. The van der Waals surface area contributed by atoms with Gasteiger partial charge in [-0.3, -0.25) is 0 Å². The second-order valence-electron chi connectivity index (χ2n) is 4.44. The van der Waals surface area contributed by atoms with Crippen molar-refractivity contribution in [3.05, 3.63) is 58.8 Å². The van der Waals surface area contributed by atoms with Gasteiger partial charge in [0.15, 0.2) is 0 Å². The van der Waals surface area contributed by atoms with E-state index in [2.05, 4.69) is 12.2 Å². The first kappa shape index (κ1) is 14.1. The predicted molar refractivity (Wildman–Crippen MR) is 74.9 cm³/mol. The topological polar surface area (TPSA) is 25.2 Å². The Morgan fingerprint density at radius 1 is 1.32 bits per heavy atom. The lowest BCUT2D eigenvalue weighted by atomic mass is 10.0. The summed E-state index contributed by atoms with van der Waals surface area (Å²) in [7, 11) is 0. The zero-order valence-electron chi connectivity index (χ0n) is 10.8. The fourth-order valence-electron chi connectivity index (χ4n) is 2.01. The van der Waals surface area contributed by atoms with Gasteiger partial charge in [-0.25, -0.2) is 4.39 Å². The van der Waals surface area contributed by atoms with Gasteiger partial charge in [-0.05, 0) is 43.1 Å². The van der Waals surface area contributed by atoms with Crippen molar-refractivity contribution < 1.29 is 8.81 Å². The van der Waals surface area contributed by atoms with Gasteiger partial charge in [0.1, 0.15) is 11.6 Å². The first-order valence-corrected chi connectivity index (χ1v) is 6.79. The highest BCUT2D eigenvalue weighted by molar-refractivity contribution is 6.31. The third-order valence-corrected chi connectivity index (χ3v) is 3.41. The molecule has 0 fully saturated rings. The SMILES string of the molecule is CCCNC(Cc1cccc(F)c1Cl)c1ccco1. The Balaban J connectivity index is 2.18. The molecule has 1 aromatic heterocycles. The summed E-state index contributed by atoms with van der Waals surface area (Å²) >= 11 is 6.00. The minimum atomic E-state index is -0.382. The molecule has 1 unspecified atom stereocenters. The summed E-state index contributed by atoms with van der Waals surface area (Å²) < 4.78 is 18.9. The van der Waals surface area contributed by atoms with Crippen LogP contribution in [0.3, 0.4) is 0 Å². The summed E-state index contributed by atoms with van der Waals surface area (Å²) in [6.45, 7) is 2.97. The van der Waals surface area contributed by atoms with E-state index >= 15 is 0 Å². The number of rotatable bonds is 6. The second kappa shape index (κ2) is 6.73. The summed E-state index contributed by atoms with van der Waals surface area (Å²) in [5.41, 5.74) is 0.784. The molecule has 0 saturated carbocycles. The monoisotopic (exact) mass is 281 g/mol. The van der Waals surface area contributed by atoms with Gasteiger partial charge in [-0.1, -0.05) is 30.7 Å². The fourth-order valence-corrected chi connectivity index (χ4v) is 2.21. The Kier molecular flexibility index (Phi) is 5.00. The quantitative estimate of drug-likeness (QED) is 0.851. The highest BCUT2D eigenvalue weighted by Crippen LogP contribution is 2.25. The van der Waals surface area contributed by atoms with Gasteiger partial charge in [-0.15, -0.1) is 0 Å². The standard InChI is InChI=1S/C15H17ClFNO/c1-2-8-18-13(14-7-4-9-19-14)10-11-5-3-6-12(17)15(11)16/h3-7,9,13,18H,2,8,10H2,1H3. The van der Waals surface area contributed by atoms with Crippen molar-refractivity contribution in [1.82, 2.24) is 5.32 Å². The van der Waals surface area contributed by atoms with E-state index in [9.17, 15) is 4.39 Å². The molecule has 1 heterocycles. The first-order valence-electron chi connectivity index (χ1n) is 6.42. The largest absolute Gasteiger partial charge is 0.468 e. The van der Waals surface area contributed by atoms with Gasteiger partial charge in [-0.2, -0.15) is 0 Å². The molecule has 4 heteroatoms. The zero-order chi connectivity index (χ0) is 13.7. The van der Waals surface area contributed by atoms with Gasteiger partial charge in [0, 0.05) is 0 Å². The number of hydrogen-bond acceptors (Lipinski definition) is 2. The Hall–Kier alpha value is -1.32. The molecule has 0 bridgehead atoms. The predicted octanol–water partition coefficient (Wildman–Crippen LogP) is 4.36. The summed E-state index contributed by atoms with van der Waals surface area (Å²) in [6, 6.07) is 8.66. The summed E-state index contributed by atoms with van der Waals surface area (Å²) in [6.07, 6.45) is 3.27. The normalized spacial score (nSPS) is 12.6. The third-order valence-electron chi connectivity index (χ3n) is 2.98. The van der Waals surface area contributed by atoms with Gasteiger partial charge in [0.2, 0.25) is 0 Å². The van der Waals surface area contributed by atoms with Crippen LogP contribution in [0.4, 0.5) is 4.39 Å². The number of nitrogens with one attached hydrogen (secondary N) is 1. The highest BCUT2D eigenvalue weighted by atomic mass is 35.5. The maximum Gasteiger partial charge on any atom is 0.142 e. The smallest absolute Gasteiger partial charge is 0.142 e. The first-order chi connectivity index (χ1) is 9.22. The van der Waals surface area contributed by atoms with Crippen LogP contribution in [-0.2, 0) is 6.42 Å². The molecule has 19 heavy (non-hydrogen) atoms. The van der Waals surface area contributed by atoms with E-state index in [4.69, 9.17) is 16.0 Å². The fraction of sp³-hybridized carbons (Fsp3) is 0.333. The average Bonchev–Trinajstić information content (AvgIpc) is 2.93. The van der Waals surface area contributed by atoms with Crippen LogP contribution < -0.4 is 5.32 Å². The summed E-state index contributed by atoms with van der Waals surface area (Å²) in [5, 5.41) is 3.58. The van der Waals surface area contributed by atoms with Crippen molar-refractivity contribution in [2.75, 3.05) is 6.54 Å². The maximum absolute atomic E-state index is 13.4. The van der Waals surface area contributed by atoms with Crippen LogP contribution in [0.25, 0.3) is 0 Å². The number of halogens is 2. The lowest BCUT2D eigenvalue weighted by molar-refractivity contribution is 0.410. The molecule has 102 valence electrons. The molecule has 0 aliphatic carbocycles. The zero-order valence-corrected chi connectivity index (χ0v) is 11.6. The minimum Gasteiger partial charge on any atom is -0.468 e. The molecule has 0 aliphatic heterocycles. The van der Waals surface area contributed by atoms with Gasteiger partial charge in [0.05, 0.1) is 17.3 Å². The number of furan rings is 1. The van der Waals surface area contributed by atoms with Crippen LogP contribution in [0.15, 0.2) is 41.0 Å². The van der Waals surface area contributed by atoms with E-state index in [1.165, 1.54) is 6.07 Å². The van der Waals surface area contributed by atoms with Crippen LogP contribution in [-0.4, -0.2) is 6.54 Å². The van der Waals surface area contributed by atoms with Gasteiger partial charge >= 0.3 is 0 Å². The number of benzene rings is 1. The highest BCUT2D eigenvalue weighted by Gasteiger charge is 2.16. The van der Waals surface area contributed by atoms with Crippen molar-refractivity contribution in [3.8, 4) is 0 Å². The van der Waals surface area contributed by atoms with E-state index in [1.807, 2.05) is 18.2 Å². The van der Waals surface area contributed by atoms with E-state index in [0.717, 1.165) is 24.3 Å². The molecule has 1 aromatic carbocycles. The van der Waals surface area contributed by atoms with Crippen molar-refractivity contribution >= 4 is 11.6 Å². The second-order valence-corrected chi connectivity index (χ2v) is 4.82.